The molecule has 0 aromatic heterocycles. The molecule has 2 N–H and O–H groups in total. The average Bonchev–Trinajstić information content (AvgIpc) is 3.09. The number of rotatable bonds is 5. The average molecular weight is 445 g/mol. The Morgan fingerprint density at radius 3 is 2.38 bits per heavy atom. The summed E-state index contributed by atoms with van der Waals surface area (Å²) in [6.07, 6.45) is 13.6. The topological polar surface area (TPSA) is 49.7 Å². The summed E-state index contributed by atoms with van der Waals surface area (Å²) in [5, 5.41) is 22.3. The molecule has 0 radical (unpaired) electrons. The highest BCUT2D eigenvalue weighted by Gasteiger charge is 2.65. The van der Waals surface area contributed by atoms with E-state index in [2.05, 4.69) is 59.8 Å². The quantitative estimate of drug-likeness (QED) is 0.500. The third-order valence-electron chi connectivity index (χ3n) is 11.0. The number of fused-ring (bicyclic) bond motifs is 5. The fourth-order valence-corrected chi connectivity index (χ4v) is 8.40. The van der Waals surface area contributed by atoms with Crippen LogP contribution in [0, 0.1) is 46.3 Å². The minimum absolute atomic E-state index is 0.214. The lowest BCUT2D eigenvalue weighted by atomic mass is 9.45. The van der Waals surface area contributed by atoms with E-state index in [1.54, 1.807) is 12.7 Å². The number of aliphatic hydroxyl groups is 2. The first-order chi connectivity index (χ1) is 15.0. The van der Waals surface area contributed by atoms with Crippen molar-refractivity contribution in [3.8, 4) is 0 Å². The maximum absolute atomic E-state index is 11.9. The molecule has 0 aromatic rings. The van der Waals surface area contributed by atoms with E-state index in [0.29, 0.717) is 47.3 Å². The molecule has 4 aliphatic rings. The van der Waals surface area contributed by atoms with Gasteiger partial charge in [0, 0.05) is 18.9 Å². The Hall–Kier alpha value is -0.640. The molecule has 0 heterocycles. The van der Waals surface area contributed by atoms with Gasteiger partial charge in [0.25, 0.3) is 0 Å². The summed E-state index contributed by atoms with van der Waals surface area (Å²) in [5.41, 5.74) is 0.714. The molecule has 0 aliphatic heterocycles. The lowest BCUT2D eigenvalue weighted by molar-refractivity contribution is -0.216. The van der Waals surface area contributed by atoms with Gasteiger partial charge < -0.3 is 14.9 Å². The van der Waals surface area contributed by atoms with Crippen LogP contribution in [0.25, 0.3) is 0 Å². The summed E-state index contributed by atoms with van der Waals surface area (Å²) in [5.74, 6) is 3.63. The van der Waals surface area contributed by atoms with Crippen molar-refractivity contribution in [3.05, 3.63) is 23.8 Å². The van der Waals surface area contributed by atoms with Gasteiger partial charge in [-0.15, -0.1) is 0 Å². The number of ether oxygens (including phenoxy) is 1. The number of hydrogen-bond donors (Lipinski definition) is 2. The molecule has 3 nitrogen and oxygen atoms in total. The molecule has 0 saturated heterocycles. The standard InChI is InChI=1S/C29H48O3/c1-18(2)19(3)8-9-20(4)23-10-11-24-22-16-26(32-7)29(31)17-21(30)12-15-28(29,6)25(22)13-14-27(23,24)5/h8-9,16,18-21,23-26,30-31H,10-15,17H2,1-7H3/t19-,20+,21-,23+,24-,25-,26+,27+,28+,29-/m0/s1. The number of allylic oxidation sites excluding steroid dienone is 3. The van der Waals surface area contributed by atoms with Crippen molar-refractivity contribution >= 4 is 0 Å². The Morgan fingerprint density at radius 1 is 1.00 bits per heavy atom. The van der Waals surface area contributed by atoms with Crippen LogP contribution in [0.15, 0.2) is 23.8 Å². The van der Waals surface area contributed by atoms with E-state index in [1.807, 2.05) is 0 Å². The molecule has 182 valence electrons. The Bertz CT molecular complexity index is 756. The van der Waals surface area contributed by atoms with Crippen LogP contribution < -0.4 is 0 Å². The second-order valence-corrected chi connectivity index (χ2v) is 12.7. The van der Waals surface area contributed by atoms with Gasteiger partial charge in [0.05, 0.1) is 6.10 Å². The van der Waals surface area contributed by atoms with Crippen LogP contribution in [0.3, 0.4) is 0 Å². The van der Waals surface area contributed by atoms with Gasteiger partial charge in [0.15, 0.2) is 0 Å². The zero-order valence-corrected chi connectivity index (χ0v) is 21.6. The molecule has 4 rings (SSSR count). The summed E-state index contributed by atoms with van der Waals surface area (Å²) in [6.45, 7) is 14.2. The fraction of sp³-hybridized carbons (Fsp3) is 0.862. The molecule has 0 unspecified atom stereocenters. The number of methoxy groups -OCH3 is 1. The van der Waals surface area contributed by atoms with E-state index in [9.17, 15) is 10.2 Å². The maximum Gasteiger partial charge on any atom is 0.105 e. The Labute approximate surface area is 196 Å². The third kappa shape index (κ3) is 3.57. The molecule has 0 spiro atoms. The van der Waals surface area contributed by atoms with Gasteiger partial charge in [0.1, 0.15) is 11.7 Å². The SMILES string of the molecule is CO[C@@H]1C=C2[C@@H]3CC[C@H]([C@H](C)C=C[C@H](C)C(C)C)[C@@]3(C)CC[C@@H]2[C@@]2(C)CC[C@H](O)C[C@]12O. The van der Waals surface area contributed by atoms with E-state index in [-0.39, 0.29) is 11.5 Å². The molecule has 0 amide bonds. The first-order valence-electron chi connectivity index (χ1n) is 13.3. The monoisotopic (exact) mass is 444 g/mol. The first-order valence-corrected chi connectivity index (χ1v) is 13.3. The molecule has 4 aliphatic carbocycles. The summed E-state index contributed by atoms with van der Waals surface area (Å²) in [6, 6.07) is 0. The number of aliphatic hydroxyl groups excluding tert-OH is 1. The summed E-state index contributed by atoms with van der Waals surface area (Å²) in [4.78, 5) is 0. The highest BCUT2D eigenvalue weighted by Crippen LogP contribution is 2.67. The molecule has 3 saturated carbocycles. The van der Waals surface area contributed by atoms with Crippen LogP contribution in [0.1, 0.15) is 86.5 Å². The summed E-state index contributed by atoms with van der Waals surface area (Å²) < 4.78 is 5.92. The second kappa shape index (κ2) is 8.54. The smallest absolute Gasteiger partial charge is 0.105 e. The van der Waals surface area contributed by atoms with Gasteiger partial charge in [-0.1, -0.05) is 65.3 Å². The second-order valence-electron chi connectivity index (χ2n) is 12.7. The lowest BCUT2D eigenvalue weighted by Gasteiger charge is -2.62. The van der Waals surface area contributed by atoms with Crippen LogP contribution in [0.2, 0.25) is 0 Å². The van der Waals surface area contributed by atoms with Crippen LogP contribution in [0.5, 0.6) is 0 Å². The van der Waals surface area contributed by atoms with E-state index in [1.165, 1.54) is 19.3 Å². The van der Waals surface area contributed by atoms with E-state index >= 15 is 0 Å². The molecule has 32 heavy (non-hydrogen) atoms. The van der Waals surface area contributed by atoms with Gasteiger partial charge in [-0.3, -0.25) is 0 Å². The predicted molar refractivity (Wildman–Crippen MR) is 131 cm³/mol. The summed E-state index contributed by atoms with van der Waals surface area (Å²) in [7, 11) is 1.73. The van der Waals surface area contributed by atoms with Crippen molar-refractivity contribution in [1.29, 1.82) is 0 Å². The van der Waals surface area contributed by atoms with E-state index in [0.717, 1.165) is 19.3 Å². The summed E-state index contributed by atoms with van der Waals surface area (Å²) >= 11 is 0. The van der Waals surface area contributed by atoms with Crippen molar-refractivity contribution in [3.63, 3.8) is 0 Å². The molecule has 0 aromatic carbocycles. The van der Waals surface area contributed by atoms with Crippen molar-refractivity contribution in [1.82, 2.24) is 0 Å². The predicted octanol–water partition coefficient (Wildman–Crippen LogP) is 6.15. The van der Waals surface area contributed by atoms with Gasteiger partial charge in [-0.2, -0.15) is 0 Å². The minimum Gasteiger partial charge on any atom is -0.393 e. The van der Waals surface area contributed by atoms with Gasteiger partial charge in [0.2, 0.25) is 0 Å². The molecular weight excluding hydrogens is 396 g/mol. The Morgan fingerprint density at radius 2 is 1.72 bits per heavy atom. The largest absolute Gasteiger partial charge is 0.393 e. The fourth-order valence-electron chi connectivity index (χ4n) is 8.40. The number of hydrogen-bond acceptors (Lipinski definition) is 3. The van der Waals surface area contributed by atoms with E-state index < -0.39 is 11.7 Å². The molecule has 3 heteroatoms. The normalized spacial score (nSPS) is 48.2. The van der Waals surface area contributed by atoms with Crippen LogP contribution in [0.4, 0.5) is 0 Å². The highest BCUT2D eigenvalue weighted by atomic mass is 16.5. The first kappa shape index (κ1) is 24.5. The van der Waals surface area contributed by atoms with Crippen molar-refractivity contribution in [2.24, 2.45) is 46.3 Å². The Kier molecular flexibility index (Phi) is 6.53. The van der Waals surface area contributed by atoms with Crippen LogP contribution in [-0.4, -0.2) is 35.1 Å². The Balaban J connectivity index is 1.64. The molecular formula is C29H48O3. The van der Waals surface area contributed by atoms with Crippen LogP contribution >= 0.6 is 0 Å². The van der Waals surface area contributed by atoms with Gasteiger partial charge in [-0.25, -0.2) is 0 Å². The van der Waals surface area contributed by atoms with E-state index in [4.69, 9.17) is 4.74 Å². The van der Waals surface area contributed by atoms with Gasteiger partial charge in [-0.05, 0) is 79.4 Å². The van der Waals surface area contributed by atoms with Crippen molar-refractivity contribution in [2.45, 2.75) is 104 Å². The minimum atomic E-state index is -0.970. The highest BCUT2D eigenvalue weighted by molar-refractivity contribution is 5.33. The third-order valence-corrected chi connectivity index (χ3v) is 11.0. The molecule has 10 atom stereocenters. The molecule has 3 fully saturated rings. The zero-order chi connectivity index (χ0) is 23.5. The van der Waals surface area contributed by atoms with Crippen LogP contribution in [-0.2, 0) is 4.74 Å². The van der Waals surface area contributed by atoms with Crippen molar-refractivity contribution < 1.29 is 14.9 Å². The zero-order valence-electron chi connectivity index (χ0n) is 21.6. The molecule has 0 bridgehead atoms. The maximum atomic E-state index is 11.9. The lowest BCUT2D eigenvalue weighted by Crippen LogP contribution is -2.65. The van der Waals surface area contributed by atoms with Gasteiger partial charge >= 0.3 is 0 Å². The van der Waals surface area contributed by atoms with Crippen molar-refractivity contribution in [2.75, 3.05) is 7.11 Å².